The highest BCUT2D eigenvalue weighted by molar-refractivity contribution is 6.31. The van der Waals surface area contributed by atoms with Gasteiger partial charge in [-0.1, -0.05) is 30.6 Å². The SMILES string of the molecule is CC(C)c1noc(CCNc2ncnc3cc(Cl)ccc23)n1. The summed E-state index contributed by atoms with van der Waals surface area (Å²) in [6.45, 7) is 4.71. The number of halogens is 1. The van der Waals surface area contributed by atoms with Crippen LogP contribution in [0.15, 0.2) is 29.0 Å². The zero-order valence-corrected chi connectivity index (χ0v) is 13.1. The van der Waals surface area contributed by atoms with Crippen molar-refractivity contribution in [3.8, 4) is 0 Å². The van der Waals surface area contributed by atoms with Crippen LogP contribution in [0.2, 0.25) is 5.02 Å². The molecule has 3 aromatic rings. The average Bonchev–Trinajstić information content (AvgIpc) is 2.96. The van der Waals surface area contributed by atoms with E-state index in [0.29, 0.717) is 23.9 Å². The minimum absolute atomic E-state index is 0.265. The summed E-state index contributed by atoms with van der Waals surface area (Å²) in [6.07, 6.45) is 2.16. The molecule has 0 amide bonds. The molecule has 6 nitrogen and oxygen atoms in total. The molecule has 0 bridgehead atoms. The molecule has 0 unspecified atom stereocenters. The lowest BCUT2D eigenvalue weighted by Crippen LogP contribution is -2.07. The molecule has 22 heavy (non-hydrogen) atoms. The van der Waals surface area contributed by atoms with Crippen molar-refractivity contribution < 1.29 is 4.52 Å². The van der Waals surface area contributed by atoms with E-state index >= 15 is 0 Å². The lowest BCUT2D eigenvalue weighted by molar-refractivity contribution is 0.373. The van der Waals surface area contributed by atoms with E-state index in [9.17, 15) is 0 Å². The van der Waals surface area contributed by atoms with Crippen LogP contribution >= 0.6 is 11.6 Å². The van der Waals surface area contributed by atoms with Gasteiger partial charge in [0, 0.05) is 29.3 Å². The number of anilines is 1. The molecule has 0 aliphatic rings. The predicted octanol–water partition coefficient (Wildman–Crippen LogP) is 3.44. The predicted molar refractivity (Wildman–Crippen MR) is 85.1 cm³/mol. The highest BCUT2D eigenvalue weighted by atomic mass is 35.5. The summed E-state index contributed by atoms with van der Waals surface area (Å²) in [5.41, 5.74) is 0.810. The monoisotopic (exact) mass is 317 g/mol. The number of nitrogens with one attached hydrogen (secondary N) is 1. The van der Waals surface area contributed by atoms with Gasteiger partial charge in [0.05, 0.1) is 5.52 Å². The first-order valence-corrected chi connectivity index (χ1v) is 7.48. The van der Waals surface area contributed by atoms with Gasteiger partial charge in [-0.25, -0.2) is 9.97 Å². The van der Waals surface area contributed by atoms with E-state index in [1.54, 1.807) is 0 Å². The van der Waals surface area contributed by atoms with E-state index < -0.39 is 0 Å². The van der Waals surface area contributed by atoms with Gasteiger partial charge < -0.3 is 9.84 Å². The molecule has 0 fully saturated rings. The van der Waals surface area contributed by atoms with E-state index in [1.807, 2.05) is 32.0 Å². The molecule has 0 saturated carbocycles. The van der Waals surface area contributed by atoms with Gasteiger partial charge in [0.15, 0.2) is 5.82 Å². The van der Waals surface area contributed by atoms with Crippen molar-refractivity contribution in [2.75, 3.05) is 11.9 Å². The first kappa shape index (κ1) is 14.7. The average molecular weight is 318 g/mol. The number of hydrogen-bond acceptors (Lipinski definition) is 6. The van der Waals surface area contributed by atoms with Crippen molar-refractivity contribution in [2.24, 2.45) is 0 Å². The van der Waals surface area contributed by atoms with Crippen LogP contribution in [0.3, 0.4) is 0 Å². The Morgan fingerprint density at radius 3 is 2.91 bits per heavy atom. The summed E-state index contributed by atoms with van der Waals surface area (Å²) in [5.74, 6) is 2.39. The van der Waals surface area contributed by atoms with Crippen LogP contribution in [0.5, 0.6) is 0 Å². The third kappa shape index (κ3) is 3.17. The molecule has 2 aromatic heterocycles. The molecule has 7 heteroatoms. The first-order valence-electron chi connectivity index (χ1n) is 7.10. The van der Waals surface area contributed by atoms with Gasteiger partial charge in [-0.2, -0.15) is 4.98 Å². The minimum atomic E-state index is 0.265. The van der Waals surface area contributed by atoms with E-state index in [4.69, 9.17) is 16.1 Å². The van der Waals surface area contributed by atoms with Crippen LogP contribution in [-0.4, -0.2) is 26.7 Å². The van der Waals surface area contributed by atoms with Gasteiger partial charge in [0.1, 0.15) is 12.1 Å². The first-order chi connectivity index (χ1) is 10.6. The highest BCUT2D eigenvalue weighted by Crippen LogP contribution is 2.22. The second kappa shape index (κ2) is 6.27. The maximum Gasteiger partial charge on any atom is 0.228 e. The third-order valence-electron chi connectivity index (χ3n) is 3.23. The van der Waals surface area contributed by atoms with Crippen molar-refractivity contribution in [2.45, 2.75) is 26.2 Å². The molecule has 3 rings (SSSR count). The topological polar surface area (TPSA) is 76.7 Å². The van der Waals surface area contributed by atoms with Gasteiger partial charge in [0.2, 0.25) is 5.89 Å². The lowest BCUT2D eigenvalue weighted by atomic mass is 10.2. The second-order valence-corrected chi connectivity index (χ2v) is 5.70. The summed E-state index contributed by atoms with van der Waals surface area (Å²) in [5, 5.41) is 8.81. The largest absolute Gasteiger partial charge is 0.369 e. The van der Waals surface area contributed by atoms with Crippen LogP contribution in [0.4, 0.5) is 5.82 Å². The van der Waals surface area contributed by atoms with Crippen molar-refractivity contribution in [3.05, 3.63) is 41.3 Å². The minimum Gasteiger partial charge on any atom is -0.369 e. The van der Waals surface area contributed by atoms with Crippen LogP contribution in [0, 0.1) is 0 Å². The molecular weight excluding hydrogens is 302 g/mol. The Balaban J connectivity index is 1.68. The standard InChI is InChI=1S/C15H16ClN5O/c1-9(2)14-20-13(22-21-14)5-6-17-15-11-4-3-10(16)7-12(11)18-8-19-15/h3-4,7-9H,5-6H2,1-2H3,(H,17,18,19). The molecule has 0 spiro atoms. The zero-order chi connectivity index (χ0) is 15.5. The van der Waals surface area contributed by atoms with E-state index in [-0.39, 0.29) is 5.92 Å². The van der Waals surface area contributed by atoms with Crippen LogP contribution in [-0.2, 0) is 6.42 Å². The summed E-state index contributed by atoms with van der Waals surface area (Å²) < 4.78 is 5.22. The Hall–Kier alpha value is -2.21. The van der Waals surface area contributed by atoms with Gasteiger partial charge >= 0.3 is 0 Å². The van der Waals surface area contributed by atoms with Crippen LogP contribution in [0.1, 0.15) is 31.5 Å². The van der Waals surface area contributed by atoms with Gasteiger partial charge in [-0.3, -0.25) is 0 Å². The number of rotatable bonds is 5. The maximum absolute atomic E-state index is 5.97. The third-order valence-corrected chi connectivity index (χ3v) is 3.47. The molecular formula is C15H16ClN5O. The molecule has 2 heterocycles. The zero-order valence-electron chi connectivity index (χ0n) is 12.4. The van der Waals surface area contributed by atoms with E-state index in [2.05, 4.69) is 25.4 Å². The Labute approximate surface area is 132 Å². The van der Waals surface area contributed by atoms with Gasteiger partial charge in [0.25, 0.3) is 0 Å². The molecule has 0 aliphatic heterocycles. The summed E-state index contributed by atoms with van der Waals surface area (Å²) >= 11 is 5.97. The second-order valence-electron chi connectivity index (χ2n) is 5.26. The normalized spacial score (nSPS) is 11.3. The smallest absolute Gasteiger partial charge is 0.228 e. The van der Waals surface area contributed by atoms with Crippen LogP contribution in [0.25, 0.3) is 10.9 Å². The van der Waals surface area contributed by atoms with Crippen molar-refractivity contribution in [1.82, 2.24) is 20.1 Å². The van der Waals surface area contributed by atoms with Crippen molar-refractivity contribution >= 4 is 28.3 Å². The molecule has 1 N–H and O–H groups in total. The molecule has 0 saturated heterocycles. The number of aromatic nitrogens is 4. The number of hydrogen-bond donors (Lipinski definition) is 1. The Morgan fingerprint density at radius 2 is 2.14 bits per heavy atom. The Kier molecular flexibility index (Phi) is 4.20. The lowest BCUT2D eigenvalue weighted by Gasteiger charge is -2.07. The molecule has 114 valence electrons. The quantitative estimate of drug-likeness (QED) is 0.776. The molecule has 0 atom stereocenters. The summed E-state index contributed by atoms with van der Waals surface area (Å²) in [7, 11) is 0. The molecule has 0 radical (unpaired) electrons. The van der Waals surface area contributed by atoms with E-state index in [0.717, 1.165) is 22.5 Å². The summed E-state index contributed by atoms with van der Waals surface area (Å²) in [6, 6.07) is 5.55. The Morgan fingerprint density at radius 1 is 1.27 bits per heavy atom. The van der Waals surface area contributed by atoms with Crippen molar-refractivity contribution in [1.29, 1.82) is 0 Å². The molecule has 0 aliphatic carbocycles. The van der Waals surface area contributed by atoms with Crippen LogP contribution < -0.4 is 5.32 Å². The van der Waals surface area contributed by atoms with Crippen molar-refractivity contribution in [3.63, 3.8) is 0 Å². The summed E-state index contributed by atoms with van der Waals surface area (Å²) in [4.78, 5) is 12.8. The fourth-order valence-corrected chi connectivity index (χ4v) is 2.23. The van der Waals surface area contributed by atoms with Gasteiger partial charge in [-0.05, 0) is 18.2 Å². The highest BCUT2D eigenvalue weighted by Gasteiger charge is 2.10. The number of nitrogens with zero attached hydrogens (tertiary/aromatic N) is 4. The molecule has 1 aromatic carbocycles. The fraction of sp³-hybridized carbons (Fsp3) is 0.333. The number of benzene rings is 1. The Bertz CT molecular complexity index is 786. The van der Waals surface area contributed by atoms with Gasteiger partial charge in [-0.15, -0.1) is 0 Å². The fourth-order valence-electron chi connectivity index (χ4n) is 2.06. The number of fused-ring (bicyclic) bond motifs is 1. The maximum atomic E-state index is 5.97. The van der Waals surface area contributed by atoms with E-state index in [1.165, 1.54) is 6.33 Å².